The Bertz CT molecular complexity index is 345. The van der Waals surface area contributed by atoms with Crippen LogP contribution in [0.5, 0.6) is 5.88 Å². The summed E-state index contributed by atoms with van der Waals surface area (Å²) >= 11 is 1.62. The summed E-state index contributed by atoms with van der Waals surface area (Å²) in [5.41, 5.74) is 0.658. The summed E-state index contributed by atoms with van der Waals surface area (Å²) in [6.07, 6.45) is 0.850. The first kappa shape index (κ1) is 6.79. The lowest BCUT2D eigenvalue weighted by Gasteiger charge is -1.98. The number of hydrogen-bond donors (Lipinski definition) is 2. The minimum Gasteiger partial charge on any atom is -0.494 e. The van der Waals surface area contributed by atoms with Crippen LogP contribution in [0.4, 0.5) is 0 Å². The van der Waals surface area contributed by atoms with E-state index in [1.807, 2.05) is 0 Å². The molecule has 0 saturated heterocycles. The number of rotatable bonds is 0. The molecular formula is C7H7NO2S. The van der Waals surface area contributed by atoms with Crippen molar-refractivity contribution in [2.75, 3.05) is 5.75 Å². The molecular weight excluding hydrogens is 162 g/mol. The SMILES string of the molecule is O=c1cc2c(c(O)[nH]1)CCS2. The Hall–Kier alpha value is -0.900. The van der Waals surface area contributed by atoms with Crippen molar-refractivity contribution in [3.63, 3.8) is 0 Å². The highest BCUT2D eigenvalue weighted by atomic mass is 32.2. The maximum absolute atomic E-state index is 10.8. The van der Waals surface area contributed by atoms with E-state index in [-0.39, 0.29) is 11.4 Å². The van der Waals surface area contributed by atoms with E-state index in [4.69, 9.17) is 0 Å². The van der Waals surface area contributed by atoms with Gasteiger partial charge in [-0.2, -0.15) is 0 Å². The molecule has 3 nitrogen and oxygen atoms in total. The molecule has 0 bridgehead atoms. The molecule has 0 saturated carbocycles. The molecule has 0 radical (unpaired) electrons. The number of hydrogen-bond acceptors (Lipinski definition) is 3. The second-order valence-electron chi connectivity index (χ2n) is 2.42. The van der Waals surface area contributed by atoms with Gasteiger partial charge in [0.05, 0.1) is 0 Å². The third kappa shape index (κ3) is 1.03. The Balaban J connectivity index is 2.70. The lowest BCUT2D eigenvalue weighted by Crippen LogP contribution is -2.04. The normalized spacial score (nSPS) is 14.9. The fourth-order valence-electron chi connectivity index (χ4n) is 1.18. The number of aromatic hydroxyl groups is 1. The molecule has 1 aliphatic heterocycles. The molecule has 0 aliphatic carbocycles. The fourth-order valence-corrected chi connectivity index (χ4v) is 2.27. The topological polar surface area (TPSA) is 53.1 Å². The van der Waals surface area contributed by atoms with Gasteiger partial charge in [-0.1, -0.05) is 0 Å². The van der Waals surface area contributed by atoms with Crippen LogP contribution in [0.2, 0.25) is 0 Å². The Labute approximate surface area is 67.5 Å². The average molecular weight is 169 g/mol. The molecule has 4 heteroatoms. The quantitative estimate of drug-likeness (QED) is 0.602. The summed E-state index contributed by atoms with van der Waals surface area (Å²) in [4.78, 5) is 14.1. The van der Waals surface area contributed by atoms with Gasteiger partial charge in [0, 0.05) is 22.3 Å². The highest BCUT2D eigenvalue weighted by Gasteiger charge is 2.15. The van der Waals surface area contributed by atoms with Crippen LogP contribution >= 0.6 is 11.8 Å². The van der Waals surface area contributed by atoms with Gasteiger partial charge in [0.15, 0.2) is 5.88 Å². The van der Waals surface area contributed by atoms with Crippen LogP contribution < -0.4 is 5.56 Å². The Morgan fingerprint density at radius 2 is 2.45 bits per heavy atom. The van der Waals surface area contributed by atoms with Gasteiger partial charge in [-0.3, -0.25) is 9.78 Å². The lowest BCUT2D eigenvalue weighted by atomic mass is 10.2. The van der Waals surface area contributed by atoms with Crippen molar-refractivity contribution in [2.45, 2.75) is 11.3 Å². The van der Waals surface area contributed by atoms with Crippen LogP contribution in [0.25, 0.3) is 0 Å². The van der Waals surface area contributed by atoms with E-state index in [2.05, 4.69) is 4.98 Å². The molecule has 0 spiro atoms. The van der Waals surface area contributed by atoms with E-state index in [0.717, 1.165) is 22.6 Å². The molecule has 0 fully saturated rings. The van der Waals surface area contributed by atoms with Crippen molar-refractivity contribution in [3.05, 3.63) is 22.0 Å². The zero-order valence-electron chi connectivity index (χ0n) is 5.76. The third-order valence-electron chi connectivity index (χ3n) is 1.70. The minimum absolute atomic E-state index is 0.0394. The molecule has 1 aromatic rings. The Morgan fingerprint density at radius 1 is 1.64 bits per heavy atom. The van der Waals surface area contributed by atoms with E-state index in [1.165, 1.54) is 6.07 Å². The third-order valence-corrected chi connectivity index (χ3v) is 2.78. The second kappa shape index (κ2) is 2.30. The number of H-pyrrole nitrogens is 1. The van der Waals surface area contributed by atoms with Crippen LogP contribution in [0, 0.1) is 0 Å². The molecule has 0 amide bonds. The maximum Gasteiger partial charge on any atom is 0.251 e. The first-order chi connectivity index (χ1) is 5.27. The largest absolute Gasteiger partial charge is 0.494 e. The molecule has 2 N–H and O–H groups in total. The van der Waals surface area contributed by atoms with Crippen LogP contribution in [0.15, 0.2) is 15.8 Å². The van der Waals surface area contributed by atoms with Gasteiger partial charge in [-0.25, -0.2) is 0 Å². The predicted molar refractivity (Wildman–Crippen MR) is 43.2 cm³/mol. The molecule has 0 unspecified atom stereocenters. The number of thioether (sulfide) groups is 1. The molecule has 58 valence electrons. The number of aromatic nitrogens is 1. The van der Waals surface area contributed by atoms with Gasteiger partial charge in [0.2, 0.25) is 0 Å². The smallest absolute Gasteiger partial charge is 0.251 e. The monoisotopic (exact) mass is 169 g/mol. The van der Waals surface area contributed by atoms with E-state index in [0.29, 0.717) is 0 Å². The lowest BCUT2D eigenvalue weighted by molar-refractivity contribution is 0.443. The zero-order valence-corrected chi connectivity index (χ0v) is 6.57. The van der Waals surface area contributed by atoms with Crippen molar-refractivity contribution in [1.29, 1.82) is 0 Å². The van der Waals surface area contributed by atoms with Gasteiger partial charge < -0.3 is 5.11 Å². The van der Waals surface area contributed by atoms with Gasteiger partial charge in [-0.05, 0) is 6.42 Å². The first-order valence-electron chi connectivity index (χ1n) is 3.35. The van der Waals surface area contributed by atoms with E-state index < -0.39 is 0 Å². The van der Waals surface area contributed by atoms with E-state index in [1.54, 1.807) is 11.8 Å². The summed E-state index contributed by atoms with van der Waals surface area (Å²) < 4.78 is 0. The summed E-state index contributed by atoms with van der Waals surface area (Å²) in [5.74, 6) is 0.998. The number of fused-ring (bicyclic) bond motifs is 1. The number of pyridine rings is 1. The highest BCUT2D eigenvalue weighted by molar-refractivity contribution is 7.99. The average Bonchev–Trinajstić information content (AvgIpc) is 2.34. The van der Waals surface area contributed by atoms with Crippen LogP contribution in [0.1, 0.15) is 5.56 Å². The molecule has 1 aromatic heterocycles. The summed E-state index contributed by atoms with van der Waals surface area (Å²) in [6.45, 7) is 0. The first-order valence-corrected chi connectivity index (χ1v) is 4.34. The number of aromatic amines is 1. The molecule has 0 atom stereocenters. The maximum atomic E-state index is 10.8. The Morgan fingerprint density at radius 3 is 3.27 bits per heavy atom. The fraction of sp³-hybridized carbons (Fsp3) is 0.286. The van der Waals surface area contributed by atoms with Crippen LogP contribution in [-0.4, -0.2) is 15.8 Å². The van der Waals surface area contributed by atoms with Gasteiger partial charge in [-0.15, -0.1) is 11.8 Å². The summed E-state index contributed by atoms with van der Waals surface area (Å²) in [7, 11) is 0. The van der Waals surface area contributed by atoms with Crippen molar-refractivity contribution in [3.8, 4) is 5.88 Å². The van der Waals surface area contributed by atoms with Crippen molar-refractivity contribution in [2.24, 2.45) is 0 Å². The van der Waals surface area contributed by atoms with Crippen molar-refractivity contribution < 1.29 is 5.11 Å². The zero-order chi connectivity index (χ0) is 7.84. The molecule has 2 rings (SSSR count). The second-order valence-corrected chi connectivity index (χ2v) is 3.56. The standard InChI is InChI=1S/C7H7NO2S/c9-6-3-5-4(1-2-11-5)7(10)8-6/h3H,1-2H2,(H2,8,9,10). The Kier molecular flexibility index (Phi) is 1.42. The molecule has 11 heavy (non-hydrogen) atoms. The molecule has 2 heterocycles. The van der Waals surface area contributed by atoms with Crippen molar-refractivity contribution >= 4 is 11.8 Å². The van der Waals surface area contributed by atoms with Gasteiger partial charge in [0.1, 0.15) is 0 Å². The van der Waals surface area contributed by atoms with Crippen LogP contribution in [0.3, 0.4) is 0 Å². The van der Waals surface area contributed by atoms with Gasteiger partial charge in [0.25, 0.3) is 5.56 Å². The van der Waals surface area contributed by atoms with Crippen LogP contribution in [-0.2, 0) is 6.42 Å². The minimum atomic E-state index is -0.226. The van der Waals surface area contributed by atoms with E-state index in [9.17, 15) is 9.90 Å². The summed E-state index contributed by atoms with van der Waals surface area (Å²) in [6, 6.07) is 1.53. The number of nitrogens with one attached hydrogen (secondary N) is 1. The molecule has 0 aromatic carbocycles. The highest BCUT2D eigenvalue weighted by Crippen LogP contribution is 2.33. The van der Waals surface area contributed by atoms with E-state index >= 15 is 0 Å². The molecule has 1 aliphatic rings. The van der Waals surface area contributed by atoms with Gasteiger partial charge >= 0.3 is 0 Å². The van der Waals surface area contributed by atoms with Crippen molar-refractivity contribution in [1.82, 2.24) is 4.98 Å². The summed E-state index contributed by atoms with van der Waals surface area (Å²) in [5, 5.41) is 9.24. The predicted octanol–water partition coefficient (Wildman–Crippen LogP) is 0.729.